The number of nitrogens with one attached hydrogen (secondary N) is 1. The Hall–Kier alpha value is -2.56. The van der Waals surface area contributed by atoms with Gasteiger partial charge >= 0.3 is 0 Å². The third kappa shape index (κ3) is 2.07. The molecule has 0 saturated carbocycles. The highest BCUT2D eigenvalue weighted by Gasteiger charge is 2.09. The van der Waals surface area contributed by atoms with Gasteiger partial charge in [-0.05, 0) is 24.6 Å². The van der Waals surface area contributed by atoms with Gasteiger partial charge in [-0.1, -0.05) is 6.92 Å². The van der Waals surface area contributed by atoms with E-state index >= 15 is 0 Å². The minimum Gasteiger partial charge on any atom is -0.398 e. The van der Waals surface area contributed by atoms with Gasteiger partial charge in [0.1, 0.15) is 0 Å². The van der Waals surface area contributed by atoms with Crippen molar-refractivity contribution in [3.05, 3.63) is 42.5 Å². The van der Waals surface area contributed by atoms with E-state index in [9.17, 15) is 0 Å². The first-order valence-electron chi connectivity index (χ1n) is 6.60. The van der Waals surface area contributed by atoms with Gasteiger partial charge in [-0.2, -0.15) is 5.10 Å². The third-order valence-electron chi connectivity index (χ3n) is 3.36. The molecule has 0 aliphatic carbocycles. The number of nitrogens with zero attached hydrogens (tertiary/aromatic N) is 3. The molecule has 0 radical (unpaired) electrons. The third-order valence-corrected chi connectivity index (χ3v) is 3.36. The molecule has 0 bridgehead atoms. The number of hydrogen-bond donors (Lipinski definition) is 2. The topological polar surface area (TPSA) is 68.8 Å². The van der Waals surface area contributed by atoms with Crippen LogP contribution in [0.4, 0.5) is 17.1 Å². The molecule has 0 atom stereocenters. The maximum atomic E-state index is 6.01. The van der Waals surface area contributed by atoms with Crippen LogP contribution >= 0.6 is 0 Å². The smallest absolute Gasteiger partial charge is 0.0856 e. The fourth-order valence-corrected chi connectivity index (χ4v) is 2.37. The molecule has 0 unspecified atom stereocenters. The number of hydrogen-bond acceptors (Lipinski definition) is 4. The zero-order valence-corrected chi connectivity index (χ0v) is 11.6. The molecule has 0 aliphatic heterocycles. The highest BCUT2D eigenvalue weighted by atomic mass is 15.3. The van der Waals surface area contributed by atoms with Gasteiger partial charge in [0.15, 0.2) is 0 Å². The van der Waals surface area contributed by atoms with Crippen LogP contribution in [0.1, 0.15) is 12.6 Å². The lowest BCUT2D eigenvalue weighted by atomic mass is 10.1. The summed E-state index contributed by atoms with van der Waals surface area (Å²) in [7, 11) is 1.92. The van der Waals surface area contributed by atoms with Crippen molar-refractivity contribution in [2.24, 2.45) is 7.05 Å². The van der Waals surface area contributed by atoms with E-state index < -0.39 is 0 Å². The summed E-state index contributed by atoms with van der Waals surface area (Å²) in [5.74, 6) is 0. The average molecular weight is 267 g/mol. The zero-order chi connectivity index (χ0) is 14.1. The van der Waals surface area contributed by atoms with E-state index in [1.54, 1.807) is 6.20 Å². The number of aryl methyl sites for hydroxylation is 2. The van der Waals surface area contributed by atoms with Gasteiger partial charge in [-0.25, -0.2) is 0 Å². The molecule has 2 aromatic heterocycles. The number of anilines is 3. The first-order valence-corrected chi connectivity index (χ1v) is 6.60. The second-order valence-electron chi connectivity index (χ2n) is 4.77. The molecular formula is C15H17N5. The fourth-order valence-electron chi connectivity index (χ4n) is 2.37. The van der Waals surface area contributed by atoms with Crippen LogP contribution in [0.2, 0.25) is 0 Å². The van der Waals surface area contributed by atoms with Crippen LogP contribution in [0.25, 0.3) is 10.8 Å². The first-order chi connectivity index (χ1) is 9.69. The second-order valence-corrected chi connectivity index (χ2v) is 4.77. The number of nitrogen functional groups attached to an aromatic ring is 1. The molecule has 0 fully saturated rings. The average Bonchev–Trinajstić information content (AvgIpc) is 2.82. The molecule has 2 heterocycles. The van der Waals surface area contributed by atoms with E-state index in [1.807, 2.05) is 42.3 Å². The van der Waals surface area contributed by atoms with Gasteiger partial charge in [0.05, 0.1) is 11.4 Å². The van der Waals surface area contributed by atoms with Crippen molar-refractivity contribution in [2.75, 3.05) is 11.1 Å². The predicted octanol–water partition coefficient (Wildman–Crippen LogP) is 2.86. The Balaban J connectivity index is 2.09. The van der Waals surface area contributed by atoms with Crippen molar-refractivity contribution in [1.29, 1.82) is 0 Å². The summed E-state index contributed by atoms with van der Waals surface area (Å²) < 4.78 is 1.82. The normalized spacial score (nSPS) is 10.9. The summed E-state index contributed by atoms with van der Waals surface area (Å²) in [4.78, 5) is 4.19. The molecule has 20 heavy (non-hydrogen) atoms. The van der Waals surface area contributed by atoms with E-state index in [1.165, 1.54) is 0 Å². The fraction of sp³-hybridized carbons (Fsp3) is 0.200. The first kappa shape index (κ1) is 12.5. The lowest BCUT2D eigenvalue weighted by Crippen LogP contribution is -1.96. The van der Waals surface area contributed by atoms with Gasteiger partial charge in [-0.15, -0.1) is 0 Å². The summed E-state index contributed by atoms with van der Waals surface area (Å²) >= 11 is 0. The second kappa shape index (κ2) is 4.85. The standard InChI is InChI=1S/C15H17N5/c1-3-13-15(9-20(2)19-13)18-14-5-4-12(16)10-6-7-17-8-11(10)14/h4-9,18H,3,16H2,1-2H3. The number of benzene rings is 1. The molecule has 1 aromatic carbocycles. The molecule has 3 aromatic rings. The molecular weight excluding hydrogens is 250 g/mol. The van der Waals surface area contributed by atoms with E-state index in [2.05, 4.69) is 22.3 Å². The van der Waals surface area contributed by atoms with E-state index in [4.69, 9.17) is 5.73 Å². The monoisotopic (exact) mass is 267 g/mol. The molecule has 0 amide bonds. The minimum atomic E-state index is 0.759. The maximum Gasteiger partial charge on any atom is 0.0856 e. The number of pyridine rings is 1. The van der Waals surface area contributed by atoms with Crippen LogP contribution in [0, 0.1) is 0 Å². The summed E-state index contributed by atoms with van der Waals surface area (Å²) in [6, 6.07) is 5.82. The molecule has 5 heteroatoms. The largest absolute Gasteiger partial charge is 0.398 e. The Morgan fingerprint density at radius 1 is 1.20 bits per heavy atom. The molecule has 0 spiro atoms. The molecule has 102 valence electrons. The Morgan fingerprint density at radius 3 is 2.85 bits per heavy atom. The Labute approximate surface area is 117 Å². The molecule has 3 N–H and O–H groups in total. The van der Waals surface area contributed by atoms with Crippen LogP contribution in [0.5, 0.6) is 0 Å². The van der Waals surface area contributed by atoms with Crippen LogP contribution in [0.3, 0.4) is 0 Å². The lowest BCUT2D eigenvalue weighted by Gasteiger charge is -2.10. The van der Waals surface area contributed by atoms with Gasteiger partial charge in [0.25, 0.3) is 0 Å². The van der Waals surface area contributed by atoms with Crippen molar-refractivity contribution in [2.45, 2.75) is 13.3 Å². The minimum absolute atomic E-state index is 0.759. The summed E-state index contributed by atoms with van der Waals surface area (Å²) in [5.41, 5.74) is 9.82. The summed E-state index contributed by atoms with van der Waals surface area (Å²) in [6.45, 7) is 2.09. The quantitative estimate of drug-likeness (QED) is 0.716. The molecule has 0 aliphatic rings. The van der Waals surface area contributed by atoms with Crippen molar-refractivity contribution in [1.82, 2.24) is 14.8 Å². The van der Waals surface area contributed by atoms with Gasteiger partial charge in [0, 0.05) is 47.8 Å². The van der Waals surface area contributed by atoms with E-state index in [0.29, 0.717) is 0 Å². The van der Waals surface area contributed by atoms with Crippen LogP contribution in [-0.2, 0) is 13.5 Å². The Morgan fingerprint density at radius 2 is 2.05 bits per heavy atom. The number of aromatic nitrogens is 3. The van der Waals surface area contributed by atoms with Crippen molar-refractivity contribution >= 4 is 27.8 Å². The Bertz CT molecular complexity index is 760. The van der Waals surface area contributed by atoms with Crippen molar-refractivity contribution < 1.29 is 0 Å². The number of rotatable bonds is 3. The zero-order valence-electron chi connectivity index (χ0n) is 11.6. The lowest BCUT2D eigenvalue weighted by molar-refractivity contribution is 0.746. The molecule has 3 rings (SSSR count). The van der Waals surface area contributed by atoms with Crippen LogP contribution in [-0.4, -0.2) is 14.8 Å². The van der Waals surface area contributed by atoms with E-state index in [0.717, 1.165) is 39.9 Å². The highest BCUT2D eigenvalue weighted by molar-refractivity contribution is 6.01. The number of fused-ring (bicyclic) bond motifs is 1. The van der Waals surface area contributed by atoms with Gasteiger partial charge in [-0.3, -0.25) is 9.67 Å². The van der Waals surface area contributed by atoms with Crippen LogP contribution < -0.4 is 11.1 Å². The maximum absolute atomic E-state index is 6.01. The highest BCUT2D eigenvalue weighted by Crippen LogP contribution is 2.30. The van der Waals surface area contributed by atoms with Gasteiger partial charge in [0.2, 0.25) is 0 Å². The molecule has 5 nitrogen and oxygen atoms in total. The summed E-state index contributed by atoms with van der Waals surface area (Å²) in [5, 5.41) is 9.89. The SMILES string of the molecule is CCc1nn(C)cc1Nc1ccc(N)c2ccncc12. The number of nitrogens with two attached hydrogens (primary N) is 1. The molecule has 0 saturated heterocycles. The van der Waals surface area contributed by atoms with Crippen molar-refractivity contribution in [3.8, 4) is 0 Å². The Kier molecular flexibility index (Phi) is 3.02. The summed E-state index contributed by atoms with van der Waals surface area (Å²) in [6.07, 6.45) is 6.45. The van der Waals surface area contributed by atoms with Gasteiger partial charge < -0.3 is 11.1 Å². The predicted molar refractivity (Wildman–Crippen MR) is 82.0 cm³/mol. The van der Waals surface area contributed by atoms with Crippen LogP contribution in [0.15, 0.2) is 36.8 Å². The van der Waals surface area contributed by atoms with Crippen molar-refractivity contribution in [3.63, 3.8) is 0 Å². The van der Waals surface area contributed by atoms with E-state index in [-0.39, 0.29) is 0 Å².